The fourth-order valence-electron chi connectivity index (χ4n) is 1.66. The Kier molecular flexibility index (Phi) is 3.78. The molecule has 0 heterocycles. The molecule has 0 aliphatic heterocycles. The average molecular weight is 236 g/mol. The highest BCUT2D eigenvalue weighted by atomic mass is 16.4. The molecule has 0 fully saturated rings. The first-order valence-corrected chi connectivity index (χ1v) is 5.25. The van der Waals surface area contributed by atoms with E-state index in [0.29, 0.717) is 17.5 Å². The number of carbonyl (C=O) groups is 1. The Morgan fingerprint density at radius 1 is 1.29 bits per heavy atom. The Morgan fingerprint density at radius 3 is 2.35 bits per heavy atom. The summed E-state index contributed by atoms with van der Waals surface area (Å²) in [5, 5.41) is 28.2. The summed E-state index contributed by atoms with van der Waals surface area (Å²) in [5.41, 5.74) is 1.85. The quantitative estimate of drug-likeness (QED) is 0.705. The number of hydrogen-bond acceptors (Lipinski definition) is 3. The van der Waals surface area contributed by atoms with E-state index < -0.39 is 11.7 Å². The summed E-state index contributed by atoms with van der Waals surface area (Å²) in [6.07, 6.45) is 2.34. The van der Waals surface area contributed by atoms with Crippen LogP contribution in [-0.2, 0) is 6.42 Å². The Bertz CT molecular complexity index is 483. The Balaban J connectivity index is 3.35. The van der Waals surface area contributed by atoms with Gasteiger partial charge in [-0.2, -0.15) is 0 Å². The van der Waals surface area contributed by atoms with Gasteiger partial charge in [0.25, 0.3) is 0 Å². The van der Waals surface area contributed by atoms with Gasteiger partial charge < -0.3 is 15.3 Å². The number of aromatic carboxylic acids is 1. The van der Waals surface area contributed by atoms with Crippen molar-refractivity contribution in [3.8, 4) is 11.5 Å². The SMILES string of the molecule is CC(C)=CCc1c(O)cc(O)c(C(=O)O)c1C. The number of phenols is 2. The molecular formula is C13H16O4. The summed E-state index contributed by atoms with van der Waals surface area (Å²) in [5.74, 6) is -1.69. The maximum atomic E-state index is 11.0. The van der Waals surface area contributed by atoms with Crippen LogP contribution in [0.1, 0.15) is 35.3 Å². The molecule has 4 heteroatoms. The van der Waals surface area contributed by atoms with E-state index >= 15 is 0 Å². The van der Waals surface area contributed by atoms with Gasteiger partial charge in [0, 0.05) is 11.6 Å². The maximum Gasteiger partial charge on any atom is 0.339 e. The summed E-state index contributed by atoms with van der Waals surface area (Å²) >= 11 is 0. The maximum absolute atomic E-state index is 11.0. The highest BCUT2D eigenvalue weighted by molar-refractivity contribution is 5.93. The van der Waals surface area contributed by atoms with Crippen molar-refractivity contribution in [1.29, 1.82) is 0 Å². The molecular weight excluding hydrogens is 220 g/mol. The van der Waals surface area contributed by atoms with E-state index in [2.05, 4.69) is 0 Å². The van der Waals surface area contributed by atoms with Gasteiger partial charge in [-0.05, 0) is 32.8 Å². The van der Waals surface area contributed by atoms with Gasteiger partial charge in [0.15, 0.2) is 0 Å². The molecule has 0 spiro atoms. The van der Waals surface area contributed by atoms with E-state index in [4.69, 9.17) is 5.11 Å². The van der Waals surface area contributed by atoms with Crippen molar-refractivity contribution in [1.82, 2.24) is 0 Å². The van der Waals surface area contributed by atoms with Crippen molar-refractivity contribution < 1.29 is 20.1 Å². The van der Waals surface area contributed by atoms with Crippen LogP contribution in [0, 0.1) is 6.92 Å². The second-order valence-electron chi connectivity index (χ2n) is 4.18. The lowest BCUT2D eigenvalue weighted by Crippen LogP contribution is -2.03. The number of rotatable bonds is 3. The zero-order chi connectivity index (χ0) is 13.2. The summed E-state index contributed by atoms with van der Waals surface area (Å²) < 4.78 is 0. The zero-order valence-electron chi connectivity index (χ0n) is 10.1. The summed E-state index contributed by atoms with van der Waals surface area (Å²) in [6.45, 7) is 5.42. The average Bonchev–Trinajstić information content (AvgIpc) is 2.14. The van der Waals surface area contributed by atoms with Crippen LogP contribution >= 0.6 is 0 Å². The lowest BCUT2D eigenvalue weighted by atomic mass is 9.97. The van der Waals surface area contributed by atoms with Gasteiger partial charge in [-0.1, -0.05) is 11.6 Å². The zero-order valence-corrected chi connectivity index (χ0v) is 10.1. The molecule has 0 radical (unpaired) electrons. The van der Waals surface area contributed by atoms with E-state index in [1.165, 1.54) is 0 Å². The predicted octanol–water partition coefficient (Wildman–Crippen LogP) is 2.61. The van der Waals surface area contributed by atoms with Gasteiger partial charge in [-0.15, -0.1) is 0 Å². The molecule has 3 N–H and O–H groups in total. The number of aromatic hydroxyl groups is 2. The van der Waals surface area contributed by atoms with Crippen LogP contribution in [0.5, 0.6) is 11.5 Å². The van der Waals surface area contributed by atoms with Crippen molar-refractivity contribution in [3.63, 3.8) is 0 Å². The minimum atomic E-state index is -1.20. The third kappa shape index (κ3) is 2.78. The van der Waals surface area contributed by atoms with E-state index in [0.717, 1.165) is 11.6 Å². The highest BCUT2D eigenvalue weighted by Crippen LogP contribution is 2.32. The Morgan fingerprint density at radius 2 is 1.88 bits per heavy atom. The second kappa shape index (κ2) is 4.91. The van der Waals surface area contributed by atoms with Gasteiger partial charge in [0.1, 0.15) is 17.1 Å². The fourth-order valence-corrected chi connectivity index (χ4v) is 1.66. The molecule has 92 valence electrons. The molecule has 0 unspecified atom stereocenters. The summed E-state index contributed by atoms with van der Waals surface area (Å²) in [7, 11) is 0. The molecule has 1 aromatic carbocycles. The molecule has 0 bridgehead atoms. The number of benzene rings is 1. The van der Waals surface area contributed by atoms with Gasteiger partial charge >= 0.3 is 5.97 Å². The minimum absolute atomic E-state index is 0.0810. The lowest BCUT2D eigenvalue weighted by molar-refractivity contribution is 0.0693. The predicted molar refractivity (Wildman–Crippen MR) is 64.6 cm³/mol. The van der Waals surface area contributed by atoms with Gasteiger partial charge in [-0.25, -0.2) is 4.79 Å². The molecule has 0 saturated heterocycles. The molecule has 1 aromatic rings. The monoisotopic (exact) mass is 236 g/mol. The molecule has 0 amide bonds. The van der Waals surface area contributed by atoms with E-state index in [-0.39, 0.29) is 11.3 Å². The molecule has 0 saturated carbocycles. The van der Waals surface area contributed by atoms with Crippen molar-refractivity contribution in [3.05, 3.63) is 34.4 Å². The summed E-state index contributed by atoms with van der Waals surface area (Å²) in [4.78, 5) is 11.0. The van der Waals surface area contributed by atoms with Crippen LogP contribution in [-0.4, -0.2) is 21.3 Å². The van der Waals surface area contributed by atoms with E-state index in [1.807, 2.05) is 19.9 Å². The van der Waals surface area contributed by atoms with Crippen LogP contribution in [0.15, 0.2) is 17.7 Å². The van der Waals surface area contributed by atoms with Crippen LogP contribution in [0.3, 0.4) is 0 Å². The molecule has 4 nitrogen and oxygen atoms in total. The number of allylic oxidation sites excluding steroid dienone is 2. The number of carboxylic acids is 1. The first-order chi connectivity index (χ1) is 7.84. The highest BCUT2D eigenvalue weighted by Gasteiger charge is 2.18. The summed E-state index contributed by atoms with van der Waals surface area (Å²) in [6, 6.07) is 1.07. The third-order valence-electron chi connectivity index (χ3n) is 2.59. The van der Waals surface area contributed by atoms with Crippen LogP contribution in [0.2, 0.25) is 0 Å². The molecule has 0 aliphatic carbocycles. The molecule has 0 aliphatic rings. The van der Waals surface area contributed by atoms with Crippen molar-refractivity contribution >= 4 is 5.97 Å². The van der Waals surface area contributed by atoms with E-state index in [9.17, 15) is 15.0 Å². The van der Waals surface area contributed by atoms with E-state index in [1.54, 1.807) is 6.92 Å². The number of hydrogen-bond donors (Lipinski definition) is 3. The first kappa shape index (κ1) is 13.1. The van der Waals surface area contributed by atoms with Crippen LogP contribution in [0.25, 0.3) is 0 Å². The Labute approximate surface area is 99.8 Å². The van der Waals surface area contributed by atoms with Crippen molar-refractivity contribution in [2.75, 3.05) is 0 Å². The number of carboxylic acid groups (broad SMARTS) is 1. The largest absolute Gasteiger partial charge is 0.508 e. The van der Waals surface area contributed by atoms with Gasteiger partial charge in [0.05, 0.1) is 0 Å². The third-order valence-corrected chi connectivity index (χ3v) is 2.59. The normalized spacial score (nSPS) is 10.1. The van der Waals surface area contributed by atoms with Gasteiger partial charge in [-0.3, -0.25) is 0 Å². The molecule has 0 aromatic heterocycles. The fraction of sp³-hybridized carbons (Fsp3) is 0.308. The molecule has 1 rings (SSSR count). The Hall–Kier alpha value is -1.97. The first-order valence-electron chi connectivity index (χ1n) is 5.25. The van der Waals surface area contributed by atoms with Crippen LogP contribution in [0.4, 0.5) is 0 Å². The smallest absolute Gasteiger partial charge is 0.339 e. The molecule has 17 heavy (non-hydrogen) atoms. The van der Waals surface area contributed by atoms with Crippen molar-refractivity contribution in [2.45, 2.75) is 27.2 Å². The van der Waals surface area contributed by atoms with Crippen molar-refractivity contribution in [2.24, 2.45) is 0 Å². The van der Waals surface area contributed by atoms with Crippen LogP contribution < -0.4 is 0 Å². The topological polar surface area (TPSA) is 77.8 Å². The standard InChI is InChI=1S/C13H16O4/c1-7(2)4-5-9-8(3)12(13(16)17)11(15)6-10(9)14/h4,6,14-15H,5H2,1-3H3,(H,16,17). The molecule has 0 atom stereocenters. The van der Waals surface area contributed by atoms with Gasteiger partial charge in [0.2, 0.25) is 0 Å². The number of phenolic OH excluding ortho intramolecular Hbond substituents is 1. The minimum Gasteiger partial charge on any atom is -0.508 e. The lowest BCUT2D eigenvalue weighted by Gasteiger charge is -2.11. The second-order valence-corrected chi connectivity index (χ2v) is 4.18.